The lowest BCUT2D eigenvalue weighted by atomic mass is 10.2. The minimum atomic E-state index is 0. The van der Waals surface area contributed by atoms with E-state index in [4.69, 9.17) is 25.6 Å². The van der Waals surface area contributed by atoms with E-state index >= 15 is 0 Å². The molecular formula is C19H21ClIN5O3. The Morgan fingerprint density at radius 3 is 2.48 bits per heavy atom. The number of ether oxygens (including phenoxy) is 2. The fraction of sp³-hybridized carbons (Fsp3) is 0.211. The summed E-state index contributed by atoms with van der Waals surface area (Å²) >= 11 is 5.90. The van der Waals surface area contributed by atoms with Crippen LogP contribution in [0.15, 0.2) is 52.0 Å². The van der Waals surface area contributed by atoms with Gasteiger partial charge in [-0.1, -0.05) is 16.8 Å². The highest BCUT2D eigenvalue weighted by Gasteiger charge is 2.10. The van der Waals surface area contributed by atoms with E-state index in [-0.39, 0.29) is 24.0 Å². The SMILES string of the molecule is CN=C(NCc1nc(-c2ccc(Cl)cc2)no1)Nc1ccc(OC)c(OC)c1.I. The van der Waals surface area contributed by atoms with E-state index < -0.39 is 0 Å². The van der Waals surface area contributed by atoms with E-state index in [0.29, 0.717) is 40.7 Å². The van der Waals surface area contributed by atoms with Crippen molar-refractivity contribution in [2.75, 3.05) is 26.6 Å². The number of aliphatic imine (C=N–C) groups is 1. The van der Waals surface area contributed by atoms with Gasteiger partial charge in [0, 0.05) is 29.4 Å². The monoisotopic (exact) mass is 529 g/mol. The minimum absolute atomic E-state index is 0. The number of benzene rings is 2. The number of rotatable bonds is 6. The van der Waals surface area contributed by atoms with Gasteiger partial charge in [-0.15, -0.1) is 24.0 Å². The molecule has 3 aromatic rings. The summed E-state index contributed by atoms with van der Waals surface area (Å²) in [6.07, 6.45) is 0. The molecule has 2 N–H and O–H groups in total. The van der Waals surface area contributed by atoms with Gasteiger partial charge >= 0.3 is 0 Å². The molecule has 0 spiro atoms. The maximum Gasteiger partial charge on any atom is 0.246 e. The molecule has 0 aliphatic rings. The molecule has 1 aromatic heterocycles. The highest BCUT2D eigenvalue weighted by Crippen LogP contribution is 2.29. The number of aromatic nitrogens is 2. The van der Waals surface area contributed by atoms with Crippen LogP contribution in [0.4, 0.5) is 5.69 Å². The quantitative estimate of drug-likeness (QED) is 0.281. The van der Waals surface area contributed by atoms with Crippen LogP contribution in [0.5, 0.6) is 11.5 Å². The molecule has 8 nitrogen and oxygen atoms in total. The molecule has 154 valence electrons. The van der Waals surface area contributed by atoms with Crippen molar-refractivity contribution in [2.24, 2.45) is 4.99 Å². The lowest BCUT2D eigenvalue weighted by molar-refractivity contribution is 0.355. The third kappa shape index (κ3) is 5.97. The number of hydrogen-bond acceptors (Lipinski definition) is 6. The molecule has 1 heterocycles. The summed E-state index contributed by atoms with van der Waals surface area (Å²) in [6, 6.07) is 12.7. The summed E-state index contributed by atoms with van der Waals surface area (Å²) in [5.41, 5.74) is 1.62. The van der Waals surface area contributed by atoms with Crippen LogP contribution in [0.3, 0.4) is 0 Å². The number of nitrogens with one attached hydrogen (secondary N) is 2. The van der Waals surface area contributed by atoms with Crippen LogP contribution in [0, 0.1) is 0 Å². The first-order valence-electron chi connectivity index (χ1n) is 8.41. The van der Waals surface area contributed by atoms with Crippen LogP contribution >= 0.6 is 35.6 Å². The first-order valence-corrected chi connectivity index (χ1v) is 8.79. The number of guanidine groups is 1. The molecule has 0 saturated heterocycles. The molecule has 0 atom stereocenters. The summed E-state index contributed by atoms with van der Waals surface area (Å²) in [5.74, 6) is 2.74. The second-order valence-electron chi connectivity index (χ2n) is 5.64. The Labute approximate surface area is 190 Å². The van der Waals surface area contributed by atoms with Gasteiger partial charge in [0.05, 0.1) is 20.8 Å². The van der Waals surface area contributed by atoms with Crippen LogP contribution in [0.25, 0.3) is 11.4 Å². The van der Waals surface area contributed by atoms with E-state index in [1.165, 1.54) is 0 Å². The second-order valence-corrected chi connectivity index (χ2v) is 6.08. The Kier molecular flexibility index (Phi) is 8.52. The molecule has 0 aliphatic carbocycles. The van der Waals surface area contributed by atoms with Crippen molar-refractivity contribution in [2.45, 2.75) is 6.54 Å². The van der Waals surface area contributed by atoms with Crippen LogP contribution in [-0.2, 0) is 6.54 Å². The Hall–Kier alpha value is -2.53. The van der Waals surface area contributed by atoms with Crippen molar-refractivity contribution < 1.29 is 14.0 Å². The van der Waals surface area contributed by atoms with Crippen molar-refractivity contribution in [3.8, 4) is 22.9 Å². The van der Waals surface area contributed by atoms with E-state index in [1.54, 1.807) is 33.4 Å². The van der Waals surface area contributed by atoms with Crippen LogP contribution < -0.4 is 20.1 Å². The molecule has 29 heavy (non-hydrogen) atoms. The topological polar surface area (TPSA) is 93.8 Å². The zero-order chi connectivity index (χ0) is 19.9. The predicted octanol–water partition coefficient (Wildman–Crippen LogP) is 4.21. The Morgan fingerprint density at radius 1 is 1.10 bits per heavy atom. The molecule has 0 radical (unpaired) electrons. The lowest BCUT2D eigenvalue weighted by Gasteiger charge is -2.13. The molecule has 3 rings (SSSR count). The summed E-state index contributed by atoms with van der Waals surface area (Å²) in [5, 5.41) is 10.9. The van der Waals surface area contributed by atoms with E-state index in [2.05, 4.69) is 25.8 Å². The van der Waals surface area contributed by atoms with Gasteiger partial charge in [0.2, 0.25) is 11.7 Å². The van der Waals surface area contributed by atoms with Crippen molar-refractivity contribution in [1.29, 1.82) is 0 Å². The second kappa shape index (κ2) is 10.9. The number of halogens is 2. The average Bonchev–Trinajstić information content (AvgIpc) is 3.20. The smallest absolute Gasteiger partial charge is 0.246 e. The molecule has 0 fully saturated rings. The summed E-state index contributed by atoms with van der Waals surface area (Å²) in [4.78, 5) is 8.56. The molecule has 0 aliphatic heterocycles. The Bertz CT molecular complexity index is 963. The normalized spacial score (nSPS) is 10.8. The third-order valence-electron chi connectivity index (χ3n) is 3.85. The largest absolute Gasteiger partial charge is 0.493 e. The number of nitrogens with zero attached hydrogens (tertiary/aromatic N) is 3. The van der Waals surface area contributed by atoms with E-state index in [1.807, 2.05) is 30.3 Å². The zero-order valence-corrected chi connectivity index (χ0v) is 19.2. The third-order valence-corrected chi connectivity index (χ3v) is 4.10. The van der Waals surface area contributed by atoms with Gasteiger partial charge in [0.1, 0.15) is 0 Å². The molecule has 2 aromatic carbocycles. The highest BCUT2D eigenvalue weighted by atomic mass is 127. The average molecular weight is 530 g/mol. The minimum Gasteiger partial charge on any atom is -0.493 e. The molecule has 0 bridgehead atoms. The molecule has 10 heteroatoms. The lowest BCUT2D eigenvalue weighted by Crippen LogP contribution is -2.30. The summed E-state index contributed by atoms with van der Waals surface area (Å²) in [7, 11) is 4.85. The fourth-order valence-corrected chi connectivity index (χ4v) is 2.56. The fourth-order valence-electron chi connectivity index (χ4n) is 2.43. The van der Waals surface area contributed by atoms with E-state index in [0.717, 1.165) is 11.3 Å². The number of methoxy groups -OCH3 is 2. The standard InChI is InChI=1S/C19H20ClN5O3.HI/c1-21-19(23-14-8-9-15(26-2)16(10-14)27-3)22-11-17-24-18(25-28-17)12-4-6-13(20)7-5-12;/h4-10H,11H2,1-3H3,(H2,21,22,23);1H. The van der Waals surface area contributed by atoms with Crippen LogP contribution in [0.2, 0.25) is 5.02 Å². The maximum atomic E-state index is 5.90. The number of anilines is 1. The van der Waals surface area contributed by atoms with Crippen LogP contribution in [0.1, 0.15) is 5.89 Å². The Morgan fingerprint density at radius 2 is 1.83 bits per heavy atom. The Balaban J connectivity index is 0.00000300. The van der Waals surface area contributed by atoms with Crippen molar-refractivity contribution in [3.05, 3.63) is 53.4 Å². The maximum absolute atomic E-state index is 5.90. The molecule has 0 amide bonds. The summed E-state index contributed by atoms with van der Waals surface area (Å²) < 4.78 is 15.8. The van der Waals surface area contributed by atoms with Gasteiger partial charge in [0.25, 0.3) is 0 Å². The highest BCUT2D eigenvalue weighted by molar-refractivity contribution is 14.0. The van der Waals surface area contributed by atoms with Crippen molar-refractivity contribution in [1.82, 2.24) is 15.5 Å². The van der Waals surface area contributed by atoms with Crippen molar-refractivity contribution in [3.63, 3.8) is 0 Å². The van der Waals surface area contributed by atoms with Gasteiger partial charge in [-0.25, -0.2) is 0 Å². The zero-order valence-electron chi connectivity index (χ0n) is 16.1. The molecular weight excluding hydrogens is 509 g/mol. The van der Waals surface area contributed by atoms with Crippen molar-refractivity contribution >= 4 is 47.2 Å². The first-order chi connectivity index (χ1) is 13.6. The van der Waals surface area contributed by atoms with Gasteiger partial charge in [-0.05, 0) is 36.4 Å². The first kappa shape index (κ1) is 22.8. The van der Waals surface area contributed by atoms with Gasteiger partial charge in [-0.2, -0.15) is 4.98 Å². The van der Waals surface area contributed by atoms with Crippen LogP contribution in [-0.4, -0.2) is 37.4 Å². The molecule has 0 unspecified atom stereocenters. The summed E-state index contributed by atoms with van der Waals surface area (Å²) in [6.45, 7) is 0.313. The molecule has 0 saturated carbocycles. The van der Waals surface area contributed by atoms with Gasteiger partial charge < -0.3 is 24.6 Å². The predicted molar refractivity (Wildman–Crippen MR) is 124 cm³/mol. The van der Waals surface area contributed by atoms with Gasteiger partial charge in [-0.3, -0.25) is 4.99 Å². The number of hydrogen-bond donors (Lipinski definition) is 2. The van der Waals surface area contributed by atoms with E-state index in [9.17, 15) is 0 Å². The van der Waals surface area contributed by atoms with Gasteiger partial charge in [0.15, 0.2) is 17.5 Å².